The number of aromatic nitrogens is 1. The minimum atomic E-state index is -0.136. The van der Waals surface area contributed by atoms with E-state index in [1.54, 1.807) is 0 Å². The maximum atomic E-state index is 7.03. The van der Waals surface area contributed by atoms with E-state index >= 15 is 0 Å². The van der Waals surface area contributed by atoms with E-state index < -0.39 is 0 Å². The molecule has 0 radical (unpaired) electrons. The second kappa shape index (κ2) is 10.7. The molecule has 0 N–H and O–H groups in total. The Hall–Kier alpha value is -6.24. The molecule has 0 saturated heterocycles. The number of fused-ring (bicyclic) bond motifs is 17. The van der Waals surface area contributed by atoms with Gasteiger partial charge in [-0.25, -0.2) is 0 Å². The lowest BCUT2D eigenvalue weighted by atomic mass is 9.45. The molecule has 0 bridgehead atoms. The van der Waals surface area contributed by atoms with E-state index in [1.807, 2.05) is 11.3 Å². The fraction of sp³-hybridized carbons (Fsp3) is 0.170. The molecule has 1 aliphatic carbocycles. The van der Waals surface area contributed by atoms with Gasteiger partial charge < -0.3 is 18.2 Å². The van der Waals surface area contributed by atoms with Gasteiger partial charge in [-0.3, -0.25) is 0 Å². The summed E-state index contributed by atoms with van der Waals surface area (Å²) in [6, 6.07) is 45.4. The van der Waals surface area contributed by atoms with Gasteiger partial charge in [0.15, 0.2) is 5.58 Å². The molecule has 14 rings (SSSR count). The van der Waals surface area contributed by atoms with E-state index in [0.717, 1.165) is 55.8 Å². The van der Waals surface area contributed by atoms with E-state index in [2.05, 4.69) is 165 Å². The molecule has 4 nitrogen and oxygen atoms in total. The predicted molar refractivity (Wildman–Crippen MR) is 250 cm³/mol. The predicted octanol–water partition coefficient (Wildman–Crippen LogP) is 13.9. The van der Waals surface area contributed by atoms with Crippen LogP contribution in [0, 0.1) is 6.92 Å². The SMILES string of the molecule is Cc1cc2c(cc1N1c3cc4c(cc3B3c5c1cc1c(oc6ccccc61)c5-c1cccc5c6oc7ccccc7c6n3c15)sc1ccccc14)C(C)(C)CCC2(C)C. The highest BCUT2D eigenvalue weighted by Gasteiger charge is 2.46. The van der Waals surface area contributed by atoms with Crippen molar-refractivity contribution in [3.05, 3.63) is 138 Å². The maximum Gasteiger partial charge on any atom is 0.333 e. The Morgan fingerprint density at radius 2 is 1.22 bits per heavy atom. The first kappa shape index (κ1) is 32.7. The Balaban J connectivity index is 1.21. The third-order valence-electron chi connectivity index (χ3n) is 14.5. The monoisotopic (exact) mass is 778 g/mol. The molecule has 0 spiro atoms. The Morgan fingerprint density at radius 3 is 2.03 bits per heavy atom. The molecule has 6 heteroatoms. The fourth-order valence-electron chi connectivity index (χ4n) is 11.6. The molecular weight excluding hydrogens is 739 g/mol. The lowest BCUT2D eigenvalue weighted by molar-refractivity contribution is 0.332. The first-order chi connectivity index (χ1) is 28.7. The number of para-hydroxylation sites is 3. The van der Waals surface area contributed by atoms with Gasteiger partial charge in [0.2, 0.25) is 0 Å². The summed E-state index contributed by atoms with van der Waals surface area (Å²) in [7, 11) is 0. The van der Waals surface area contributed by atoms with Crippen LogP contribution >= 0.6 is 11.3 Å². The lowest BCUT2D eigenvalue weighted by Gasteiger charge is -2.44. The number of furan rings is 2. The Bertz CT molecular complexity index is 3720. The van der Waals surface area contributed by atoms with Crippen LogP contribution in [0.4, 0.5) is 17.1 Å². The number of hydrogen-bond acceptors (Lipinski definition) is 4. The maximum absolute atomic E-state index is 7.03. The van der Waals surface area contributed by atoms with Gasteiger partial charge in [-0.15, -0.1) is 11.3 Å². The van der Waals surface area contributed by atoms with Crippen LogP contribution in [0.2, 0.25) is 0 Å². The highest BCUT2D eigenvalue weighted by atomic mass is 32.1. The molecule has 4 aromatic heterocycles. The molecule has 59 heavy (non-hydrogen) atoms. The Kier molecular flexibility index (Phi) is 5.92. The van der Waals surface area contributed by atoms with Gasteiger partial charge in [-0.1, -0.05) is 94.4 Å². The van der Waals surface area contributed by atoms with Crippen molar-refractivity contribution in [2.45, 2.75) is 58.3 Å². The number of rotatable bonds is 1. The van der Waals surface area contributed by atoms with Gasteiger partial charge in [-0.2, -0.15) is 0 Å². The molecule has 282 valence electrons. The van der Waals surface area contributed by atoms with Crippen LogP contribution in [0.1, 0.15) is 57.2 Å². The molecular formula is C53H39BN2O2S. The summed E-state index contributed by atoms with van der Waals surface area (Å²) in [6.45, 7) is 12.0. The van der Waals surface area contributed by atoms with E-state index in [-0.39, 0.29) is 17.7 Å². The average molecular weight is 779 g/mol. The summed E-state index contributed by atoms with van der Waals surface area (Å²) in [5, 5.41) is 7.17. The van der Waals surface area contributed by atoms with Crippen LogP contribution < -0.4 is 15.8 Å². The number of benzene rings is 7. The van der Waals surface area contributed by atoms with E-state index in [0.29, 0.717) is 0 Å². The van der Waals surface area contributed by atoms with Crippen molar-refractivity contribution in [1.82, 2.24) is 4.48 Å². The van der Waals surface area contributed by atoms with Crippen molar-refractivity contribution in [2.24, 2.45) is 0 Å². The summed E-state index contributed by atoms with van der Waals surface area (Å²) in [6.07, 6.45) is 2.34. The molecule has 0 saturated carbocycles. The van der Waals surface area contributed by atoms with Crippen LogP contribution in [-0.4, -0.2) is 11.3 Å². The Labute approximate surface area is 345 Å². The summed E-state index contributed by atoms with van der Waals surface area (Å²) in [4.78, 5) is 2.64. The molecule has 3 aliphatic rings. The number of anilines is 3. The Morgan fingerprint density at radius 1 is 0.559 bits per heavy atom. The minimum absolute atomic E-state index is 0.0513. The second-order valence-electron chi connectivity index (χ2n) is 18.7. The quantitative estimate of drug-likeness (QED) is 0.156. The standard InChI is InChI=1S/C53H39BN2O2S/c1-28-23-36-37(53(4,5)22-21-52(36,2)3)26-39(28)55-40-24-34-30-14-8-11-20-44(30)59-45(34)27-38(40)54-47-41(55)25-35-29-13-6-9-18-42(29)57-50(35)46(47)32-16-12-17-33-48(32)56(54)49-31-15-7-10-19-43(31)58-51(33)49/h6-20,23-27H,21-22H2,1-5H3. The van der Waals surface area contributed by atoms with Gasteiger partial charge in [0.25, 0.3) is 0 Å². The van der Waals surface area contributed by atoms with Crippen molar-refractivity contribution < 1.29 is 8.83 Å². The number of thiophene rings is 1. The van der Waals surface area contributed by atoms with Crippen molar-refractivity contribution in [2.75, 3.05) is 4.90 Å². The second-order valence-corrected chi connectivity index (χ2v) is 19.8. The van der Waals surface area contributed by atoms with Crippen LogP contribution in [0.15, 0.2) is 130 Å². The van der Waals surface area contributed by atoms with E-state index in [1.165, 1.54) is 87.9 Å². The molecule has 11 aromatic rings. The minimum Gasteiger partial charge on any atom is -0.455 e. The molecule has 6 heterocycles. The van der Waals surface area contributed by atoms with E-state index in [4.69, 9.17) is 8.83 Å². The van der Waals surface area contributed by atoms with Crippen LogP contribution in [0.5, 0.6) is 0 Å². The molecule has 0 amide bonds. The van der Waals surface area contributed by atoms with Gasteiger partial charge in [0.1, 0.15) is 16.7 Å². The first-order valence-electron chi connectivity index (χ1n) is 21.0. The number of nitrogens with zero attached hydrogens (tertiary/aromatic N) is 2. The normalized spacial score (nSPS) is 16.3. The molecule has 2 aliphatic heterocycles. The molecule has 0 unspecified atom stereocenters. The van der Waals surface area contributed by atoms with Crippen LogP contribution in [0.3, 0.4) is 0 Å². The lowest BCUT2D eigenvalue weighted by Crippen LogP contribution is -2.56. The topological polar surface area (TPSA) is 34.5 Å². The number of aryl methyl sites for hydroxylation is 1. The zero-order valence-electron chi connectivity index (χ0n) is 33.7. The zero-order valence-corrected chi connectivity index (χ0v) is 34.5. The van der Waals surface area contributed by atoms with Gasteiger partial charge in [0, 0.05) is 75.4 Å². The third kappa shape index (κ3) is 3.97. The molecule has 0 atom stereocenters. The average Bonchev–Trinajstić information content (AvgIpc) is 3.99. The summed E-state index contributed by atoms with van der Waals surface area (Å²) in [5.41, 5.74) is 19.1. The highest BCUT2D eigenvalue weighted by Crippen LogP contribution is 2.54. The highest BCUT2D eigenvalue weighted by molar-refractivity contribution is 7.26. The first-order valence-corrected chi connectivity index (χ1v) is 21.8. The molecule has 0 fully saturated rings. The van der Waals surface area contributed by atoms with Gasteiger partial charge in [0.05, 0.1) is 5.52 Å². The zero-order chi connectivity index (χ0) is 39.3. The number of hydrogen-bond donors (Lipinski definition) is 0. The van der Waals surface area contributed by atoms with Crippen molar-refractivity contribution in [3.8, 4) is 11.1 Å². The summed E-state index contributed by atoms with van der Waals surface area (Å²) in [5.74, 6) is 0. The summed E-state index contributed by atoms with van der Waals surface area (Å²) >= 11 is 1.90. The van der Waals surface area contributed by atoms with E-state index in [9.17, 15) is 0 Å². The van der Waals surface area contributed by atoms with Gasteiger partial charge >= 0.3 is 6.85 Å². The fourth-order valence-corrected chi connectivity index (χ4v) is 12.7. The molecule has 7 aromatic carbocycles. The summed E-state index contributed by atoms with van der Waals surface area (Å²) < 4.78 is 19.1. The van der Waals surface area contributed by atoms with Crippen LogP contribution in [-0.2, 0) is 10.8 Å². The third-order valence-corrected chi connectivity index (χ3v) is 15.7. The van der Waals surface area contributed by atoms with Crippen molar-refractivity contribution >= 4 is 121 Å². The van der Waals surface area contributed by atoms with Crippen molar-refractivity contribution in [3.63, 3.8) is 0 Å². The van der Waals surface area contributed by atoms with Crippen molar-refractivity contribution in [1.29, 1.82) is 0 Å². The van der Waals surface area contributed by atoms with Crippen LogP contribution in [0.25, 0.3) is 86.2 Å². The smallest absolute Gasteiger partial charge is 0.333 e. The van der Waals surface area contributed by atoms with Gasteiger partial charge in [-0.05, 0) is 113 Å². The largest absolute Gasteiger partial charge is 0.455 e.